The summed E-state index contributed by atoms with van der Waals surface area (Å²) >= 11 is 0. The third kappa shape index (κ3) is 3.76. The van der Waals surface area contributed by atoms with Gasteiger partial charge in [0.2, 0.25) is 0 Å². The van der Waals surface area contributed by atoms with Crippen LogP contribution in [0.4, 0.5) is 18.9 Å². The zero-order chi connectivity index (χ0) is 20.6. The number of fused-ring (bicyclic) bond motifs is 2. The van der Waals surface area contributed by atoms with Crippen molar-refractivity contribution < 1.29 is 23.0 Å². The van der Waals surface area contributed by atoms with Gasteiger partial charge in [0.25, 0.3) is 0 Å². The molecule has 0 saturated heterocycles. The van der Waals surface area contributed by atoms with E-state index in [2.05, 4.69) is 15.5 Å². The van der Waals surface area contributed by atoms with Crippen LogP contribution in [0.3, 0.4) is 0 Å². The van der Waals surface area contributed by atoms with E-state index in [4.69, 9.17) is 4.74 Å². The normalized spacial score (nSPS) is 18.7. The molecule has 29 heavy (non-hydrogen) atoms. The first kappa shape index (κ1) is 19.6. The van der Waals surface area contributed by atoms with Crippen molar-refractivity contribution >= 4 is 16.6 Å². The topological polar surface area (TPSA) is 70.2 Å². The average Bonchev–Trinajstić information content (AvgIpc) is 3.15. The first-order valence-electron chi connectivity index (χ1n) is 9.45. The fourth-order valence-corrected chi connectivity index (χ4v) is 3.86. The molecule has 2 atom stereocenters. The van der Waals surface area contributed by atoms with Crippen LogP contribution < -0.4 is 10.1 Å². The van der Waals surface area contributed by atoms with E-state index in [0.717, 1.165) is 11.1 Å². The van der Waals surface area contributed by atoms with Crippen LogP contribution in [-0.4, -0.2) is 40.2 Å². The van der Waals surface area contributed by atoms with Crippen LogP contribution in [0.5, 0.6) is 5.75 Å². The summed E-state index contributed by atoms with van der Waals surface area (Å²) in [4.78, 5) is 0. The number of hydrogen-bond donors (Lipinski definition) is 3. The van der Waals surface area contributed by atoms with E-state index >= 15 is 0 Å². The molecule has 2 unspecified atom stereocenters. The highest BCUT2D eigenvalue weighted by atomic mass is 19.4. The molecule has 3 aromatic rings. The zero-order valence-corrected chi connectivity index (χ0v) is 15.9. The number of aliphatic hydroxyl groups is 1. The number of rotatable bonds is 5. The first-order valence-corrected chi connectivity index (χ1v) is 9.45. The number of benzene rings is 2. The smallest absolute Gasteiger partial charge is 0.418 e. The van der Waals surface area contributed by atoms with Gasteiger partial charge in [-0.25, -0.2) is 0 Å². The average molecular weight is 405 g/mol. The Labute approximate surface area is 165 Å². The Kier molecular flexibility index (Phi) is 4.90. The molecule has 1 aliphatic heterocycles. The van der Waals surface area contributed by atoms with E-state index in [9.17, 15) is 18.3 Å². The number of nitrogens with one attached hydrogen (secondary N) is 2. The summed E-state index contributed by atoms with van der Waals surface area (Å²) in [5.41, 5.74) is -0.0287. The maximum atomic E-state index is 13.9. The second-order valence-corrected chi connectivity index (χ2v) is 7.60. The summed E-state index contributed by atoms with van der Waals surface area (Å²) in [6.07, 6.45) is -3.26. The number of aromatic amines is 1. The molecule has 1 aliphatic rings. The zero-order valence-electron chi connectivity index (χ0n) is 15.9. The van der Waals surface area contributed by atoms with Crippen LogP contribution in [0.2, 0.25) is 0 Å². The van der Waals surface area contributed by atoms with E-state index in [1.165, 1.54) is 0 Å². The van der Waals surface area contributed by atoms with E-state index < -0.39 is 30.7 Å². The fraction of sp³-hybridized carbons (Fsp3) is 0.381. The predicted octanol–water partition coefficient (Wildman–Crippen LogP) is 4.53. The van der Waals surface area contributed by atoms with E-state index in [1.807, 2.05) is 19.1 Å². The van der Waals surface area contributed by atoms with Gasteiger partial charge in [-0.05, 0) is 49.4 Å². The summed E-state index contributed by atoms with van der Waals surface area (Å²) in [6, 6.07) is 10.7. The van der Waals surface area contributed by atoms with Crippen molar-refractivity contribution in [3.05, 3.63) is 53.7 Å². The van der Waals surface area contributed by atoms with Gasteiger partial charge in [0.05, 0.1) is 24.9 Å². The molecule has 0 aliphatic carbocycles. The minimum absolute atomic E-state index is 0.330. The second kappa shape index (κ2) is 7.26. The lowest BCUT2D eigenvalue weighted by molar-refractivity contribution is -0.258. The number of aryl methyl sites for hydroxylation is 1. The van der Waals surface area contributed by atoms with Crippen LogP contribution in [0, 0.1) is 6.92 Å². The van der Waals surface area contributed by atoms with Crippen LogP contribution in [-0.2, 0) is 0 Å². The second-order valence-electron chi connectivity index (χ2n) is 7.60. The van der Waals surface area contributed by atoms with Gasteiger partial charge >= 0.3 is 6.18 Å². The maximum absolute atomic E-state index is 13.9. The first-order chi connectivity index (χ1) is 13.8. The Hall–Kier alpha value is -2.74. The molecule has 0 amide bonds. The van der Waals surface area contributed by atoms with Crippen LogP contribution in [0.15, 0.2) is 42.6 Å². The van der Waals surface area contributed by atoms with Crippen molar-refractivity contribution in [2.75, 3.05) is 18.5 Å². The van der Waals surface area contributed by atoms with Crippen molar-refractivity contribution in [2.24, 2.45) is 0 Å². The Bertz CT molecular complexity index is 1020. The molecule has 5 nitrogen and oxygen atoms in total. The quantitative estimate of drug-likeness (QED) is 0.583. The lowest BCUT2D eigenvalue weighted by atomic mass is 9.81. The number of ether oxygens (including phenoxy) is 1. The number of aromatic nitrogens is 2. The minimum atomic E-state index is -4.79. The molecule has 154 valence electrons. The van der Waals surface area contributed by atoms with Gasteiger partial charge < -0.3 is 15.2 Å². The lowest BCUT2D eigenvalue weighted by Crippen LogP contribution is -2.51. The molecule has 2 heterocycles. The summed E-state index contributed by atoms with van der Waals surface area (Å²) in [5, 5.41) is 20.9. The number of alkyl halides is 3. The third-order valence-corrected chi connectivity index (χ3v) is 5.50. The molecule has 1 aromatic heterocycles. The minimum Gasteiger partial charge on any atom is -0.493 e. The largest absolute Gasteiger partial charge is 0.493 e. The van der Waals surface area contributed by atoms with Crippen LogP contribution in [0.25, 0.3) is 10.9 Å². The molecular weight excluding hydrogens is 383 g/mol. The van der Waals surface area contributed by atoms with Gasteiger partial charge in [-0.15, -0.1) is 0 Å². The fourth-order valence-electron chi connectivity index (χ4n) is 3.86. The standard InChI is InChI=1S/C21H22F3N3O2/c1-13-5-6-19-15(9-13)14(7-8-29-19)10-20(28,21(22,23)24)12-25-17-3-2-4-18-16(17)11-26-27-18/h2-6,9,11,14,25,28H,7-8,10,12H2,1H3,(H,26,27). The molecule has 2 aromatic carbocycles. The molecule has 0 radical (unpaired) electrons. The highest BCUT2D eigenvalue weighted by molar-refractivity contribution is 5.90. The summed E-state index contributed by atoms with van der Waals surface area (Å²) < 4.78 is 47.4. The molecule has 0 bridgehead atoms. The van der Waals surface area contributed by atoms with Gasteiger partial charge in [0.1, 0.15) is 5.75 Å². The van der Waals surface area contributed by atoms with E-state index in [0.29, 0.717) is 35.4 Å². The number of nitrogens with zero attached hydrogens (tertiary/aromatic N) is 1. The summed E-state index contributed by atoms with van der Waals surface area (Å²) in [6.45, 7) is 1.56. The number of hydrogen-bond acceptors (Lipinski definition) is 4. The SMILES string of the molecule is Cc1ccc2c(c1)C(CC(O)(CNc1cccc3[nH]ncc13)C(F)(F)F)CCO2. The van der Waals surface area contributed by atoms with Crippen LogP contribution in [0.1, 0.15) is 29.9 Å². The van der Waals surface area contributed by atoms with Gasteiger partial charge in [-0.2, -0.15) is 18.3 Å². The van der Waals surface area contributed by atoms with Gasteiger partial charge in [0.15, 0.2) is 5.60 Å². The van der Waals surface area contributed by atoms with Gasteiger partial charge in [0, 0.05) is 11.1 Å². The van der Waals surface area contributed by atoms with Crippen molar-refractivity contribution in [3.8, 4) is 5.75 Å². The molecule has 0 fully saturated rings. The molecular formula is C21H22F3N3O2. The Balaban J connectivity index is 1.60. The van der Waals surface area contributed by atoms with Crippen molar-refractivity contribution in [3.63, 3.8) is 0 Å². The lowest BCUT2D eigenvalue weighted by Gasteiger charge is -2.36. The molecule has 8 heteroatoms. The highest BCUT2D eigenvalue weighted by Gasteiger charge is 2.54. The van der Waals surface area contributed by atoms with Crippen LogP contribution >= 0.6 is 0 Å². The molecule has 0 spiro atoms. The number of H-pyrrole nitrogens is 1. The third-order valence-electron chi connectivity index (χ3n) is 5.50. The monoisotopic (exact) mass is 405 g/mol. The van der Waals surface area contributed by atoms with E-state index in [1.54, 1.807) is 30.5 Å². The summed E-state index contributed by atoms with van der Waals surface area (Å²) in [7, 11) is 0. The Morgan fingerprint density at radius 3 is 2.90 bits per heavy atom. The maximum Gasteiger partial charge on any atom is 0.418 e. The Morgan fingerprint density at radius 1 is 1.28 bits per heavy atom. The summed E-state index contributed by atoms with van der Waals surface area (Å²) in [5.74, 6) is 0.143. The molecule has 4 rings (SSSR count). The van der Waals surface area contributed by atoms with Gasteiger partial charge in [-0.3, -0.25) is 5.10 Å². The molecule has 0 saturated carbocycles. The number of halogens is 3. The van der Waals surface area contributed by atoms with E-state index in [-0.39, 0.29) is 0 Å². The molecule has 3 N–H and O–H groups in total. The van der Waals surface area contributed by atoms with Crippen molar-refractivity contribution in [1.82, 2.24) is 10.2 Å². The Morgan fingerprint density at radius 2 is 2.10 bits per heavy atom. The van der Waals surface area contributed by atoms with Gasteiger partial charge in [-0.1, -0.05) is 23.8 Å². The predicted molar refractivity (Wildman–Crippen MR) is 104 cm³/mol. The van der Waals surface area contributed by atoms with Crippen molar-refractivity contribution in [1.29, 1.82) is 0 Å². The highest BCUT2D eigenvalue weighted by Crippen LogP contribution is 2.44. The number of anilines is 1. The van der Waals surface area contributed by atoms with Crippen molar-refractivity contribution in [2.45, 2.75) is 37.5 Å².